The van der Waals surface area contributed by atoms with Crippen LogP contribution in [0.2, 0.25) is 5.02 Å². The van der Waals surface area contributed by atoms with Gasteiger partial charge in [0, 0.05) is 24.2 Å². The van der Waals surface area contributed by atoms with Crippen molar-refractivity contribution in [3.63, 3.8) is 0 Å². The van der Waals surface area contributed by atoms with Gasteiger partial charge in [-0.1, -0.05) is 37.1 Å². The number of hydrogen-bond donors (Lipinski definition) is 2. The molecule has 2 amide bonds. The van der Waals surface area contributed by atoms with E-state index in [4.69, 9.17) is 16.3 Å². The minimum atomic E-state index is -0.440. The summed E-state index contributed by atoms with van der Waals surface area (Å²) in [4.78, 5) is 36.5. The summed E-state index contributed by atoms with van der Waals surface area (Å²) < 4.78 is 19.3. The van der Waals surface area contributed by atoms with E-state index in [1.54, 1.807) is 19.2 Å². The number of carbonyl (C=O) groups is 2. The molecule has 1 aliphatic rings. The zero-order valence-corrected chi connectivity index (χ0v) is 21.9. The fourth-order valence-electron chi connectivity index (χ4n) is 4.56. The third kappa shape index (κ3) is 5.51. The maximum Gasteiger partial charge on any atom is 0.255 e. The second kappa shape index (κ2) is 11.1. The molecule has 0 unspecified atom stereocenters. The van der Waals surface area contributed by atoms with Crippen molar-refractivity contribution in [2.75, 3.05) is 26.0 Å². The number of carbonyl (C=O) groups excluding carboxylic acids is 2. The monoisotopic (exact) mass is 525 g/mol. The Morgan fingerprint density at radius 3 is 2.76 bits per heavy atom. The predicted molar refractivity (Wildman–Crippen MR) is 140 cm³/mol. The molecule has 4 rings (SSSR count). The first-order chi connectivity index (χ1) is 17.7. The van der Waals surface area contributed by atoms with Gasteiger partial charge >= 0.3 is 0 Å². The Labute approximate surface area is 220 Å². The van der Waals surface area contributed by atoms with E-state index in [1.807, 2.05) is 26.0 Å². The van der Waals surface area contributed by atoms with Gasteiger partial charge in [-0.05, 0) is 42.7 Å². The fourth-order valence-corrected chi connectivity index (χ4v) is 4.76. The highest BCUT2D eigenvalue weighted by atomic mass is 35.5. The van der Waals surface area contributed by atoms with Gasteiger partial charge in [0.1, 0.15) is 18.1 Å². The molecule has 0 aliphatic carbocycles. The Bertz CT molecular complexity index is 1340. The van der Waals surface area contributed by atoms with E-state index in [-0.39, 0.29) is 24.4 Å². The Balaban J connectivity index is 1.53. The summed E-state index contributed by atoms with van der Waals surface area (Å²) in [5.41, 5.74) is 3.12. The number of halogens is 2. The lowest BCUT2D eigenvalue weighted by molar-refractivity contribution is -0.122. The molecule has 2 heterocycles. The van der Waals surface area contributed by atoms with Crippen molar-refractivity contribution >= 4 is 29.4 Å². The molecule has 0 fully saturated rings. The number of benzene rings is 2. The molecule has 1 aromatic heterocycles. The van der Waals surface area contributed by atoms with Crippen molar-refractivity contribution < 1.29 is 18.7 Å². The van der Waals surface area contributed by atoms with E-state index in [9.17, 15) is 14.0 Å². The summed E-state index contributed by atoms with van der Waals surface area (Å²) in [7, 11) is 3.17. The fraction of sp³-hybridized carbons (Fsp3) is 0.333. The van der Waals surface area contributed by atoms with Crippen molar-refractivity contribution in [3.8, 4) is 17.0 Å². The lowest BCUT2D eigenvalue weighted by atomic mass is 10.0. The van der Waals surface area contributed by atoms with Crippen LogP contribution in [0.15, 0.2) is 42.6 Å². The lowest BCUT2D eigenvalue weighted by Crippen LogP contribution is -2.40. The Kier molecular flexibility index (Phi) is 7.92. The molecular formula is C27H29ClFN5O3. The van der Waals surface area contributed by atoms with E-state index in [0.29, 0.717) is 45.5 Å². The second-order valence-electron chi connectivity index (χ2n) is 8.88. The smallest absolute Gasteiger partial charge is 0.255 e. The minimum absolute atomic E-state index is 0.130. The van der Waals surface area contributed by atoms with E-state index < -0.39 is 11.9 Å². The van der Waals surface area contributed by atoms with Crippen LogP contribution >= 0.6 is 11.6 Å². The zero-order valence-electron chi connectivity index (χ0n) is 21.1. The lowest BCUT2D eigenvalue weighted by Gasteiger charge is -2.24. The summed E-state index contributed by atoms with van der Waals surface area (Å²) in [6.45, 7) is 3.74. The van der Waals surface area contributed by atoms with Crippen molar-refractivity contribution in [3.05, 3.63) is 70.1 Å². The van der Waals surface area contributed by atoms with Gasteiger partial charge in [0.2, 0.25) is 11.9 Å². The van der Waals surface area contributed by atoms with Crippen LogP contribution in [0.5, 0.6) is 5.75 Å². The molecule has 0 radical (unpaired) electrons. The molecule has 10 heteroatoms. The number of ether oxygens (including phenoxy) is 1. The maximum absolute atomic E-state index is 14.1. The number of nitrogens with one attached hydrogen (secondary N) is 2. The normalized spacial score (nSPS) is 15.4. The van der Waals surface area contributed by atoms with Crippen LogP contribution in [0.3, 0.4) is 0 Å². The van der Waals surface area contributed by atoms with Crippen LogP contribution in [0.1, 0.15) is 60.3 Å². The van der Waals surface area contributed by atoms with Crippen molar-refractivity contribution in [2.24, 2.45) is 0 Å². The molecule has 8 nitrogen and oxygen atoms in total. The minimum Gasteiger partial charge on any atom is -0.497 e. The maximum atomic E-state index is 14.1. The van der Waals surface area contributed by atoms with Crippen LogP contribution in [0.4, 0.5) is 10.3 Å². The predicted octanol–water partition coefficient (Wildman–Crippen LogP) is 5.16. The van der Waals surface area contributed by atoms with Gasteiger partial charge in [0.25, 0.3) is 5.91 Å². The van der Waals surface area contributed by atoms with Crippen LogP contribution in [-0.4, -0.2) is 47.4 Å². The van der Waals surface area contributed by atoms with Gasteiger partial charge in [-0.15, -0.1) is 0 Å². The van der Waals surface area contributed by atoms with E-state index in [1.165, 1.54) is 30.3 Å². The molecule has 3 aromatic rings. The average molecular weight is 526 g/mol. The van der Waals surface area contributed by atoms with E-state index in [2.05, 4.69) is 20.6 Å². The Morgan fingerprint density at radius 1 is 1.27 bits per heavy atom. The summed E-state index contributed by atoms with van der Waals surface area (Å²) in [5.74, 6) is -0.226. The molecule has 2 N–H and O–H groups in total. The standard InChI is InChI=1S/C27H29ClFN5O3/c1-5-6-23(17-9-18(29)12-19(10-17)37-4)32-24(35)14-34-15(2)20-8-7-16(11-21(20)26(34)36)25-22(28)13-31-27(30-3)33-25/h7-13,15,23H,5-6,14H2,1-4H3,(H,32,35)(H,30,31,33)/t15-,23-/m1/s1. The van der Waals surface area contributed by atoms with Gasteiger partial charge in [0.05, 0.1) is 36.1 Å². The van der Waals surface area contributed by atoms with Crippen LogP contribution in [0.25, 0.3) is 11.3 Å². The molecule has 0 spiro atoms. The average Bonchev–Trinajstić information content (AvgIpc) is 3.12. The first-order valence-electron chi connectivity index (χ1n) is 12.0. The highest BCUT2D eigenvalue weighted by Gasteiger charge is 2.35. The van der Waals surface area contributed by atoms with Crippen molar-refractivity contribution in [1.29, 1.82) is 0 Å². The SMILES string of the molecule is CCC[C@@H](NC(=O)CN1C(=O)c2cc(-c3nc(NC)ncc3Cl)ccc2[C@H]1C)c1cc(F)cc(OC)c1. The number of rotatable bonds is 9. The number of amides is 2. The highest BCUT2D eigenvalue weighted by Crippen LogP contribution is 2.37. The number of fused-ring (bicyclic) bond motifs is 1. The number of anilines is 1. The summed E-state index contributed by atoms with van der Waals surface area (Å²) >= 11 is 6.32. The summed E-state index contributed by atoms with van der Waals surface area (Å²) in [6, 6.07) is 9.15. The number of hydrogen-bond acceptors (Lipinski definition) is 6. The van der Waals surface area contributed by atoms with Gasteiger partial charge in [-0.25, -0.2) is 14.4 Å². The Hall–Kier alpha value is -3.72. The summed E-state index contributed by atoms with van der Waals surface area (Å²) in [6.07, 6.45) is 2.89. The second-order valence-corrected chi connectivity index (χ2v) is 9.29. The molecular weight excluding hydrogens is 497 g/mol. The molecule has 194 valence electrons. The summed E-state index contributed by atoms with van der Waals surface area (Å²) in [5, 5.41) is 6.21. The molecule has 0 bridgehead atoms. The number of methoxy groups -OCH3 is 1. The first-order valence-corrected chi connectivity index (χ1v) is 12.4. The van der Waals surface area contributed by atoms with Gasteiger partial charge in [-0.2, -0.15) is 0 Å². The Morgan fingerprint density at radius 2 is 2.05 bits per heavy atom. The zero-order chi connectivity index (χ0) is 26.7. The van der Waals surface area contributed by atoms with Gasteiger partial charge in [0.15, 0.2) is 0 Å². The van der Waals surface area contributed by atoms with Crippen molar-refractivity contribution in [1.82, 2.24) is 20.2 Å². The van der Waals surface area contributed by atoms with Crippen LogP contribution < -0.4 is 15.4 Å². The largest absolute Gasteiger partial charge is 0.497 e. The van der Waals surface area contributed by atoms with E-state index >= 15 is 0 Å². The van der Waals surface area contributed by atoms with Crippen LogP contribution in [-0.2, 0) is 4.79 Å². The van der Waals surface area contributed by atoms with E-state index in [0.717, 1.165) is 12.0 Å². The number of nitrogens with zero attached hydrogens (tertiary/aromatic N) is 3. The molecule has 1 aliphatic heterocycles. The van der Waals surface area contributed by atoms with Gasteiger partial charge in [-0.3, -0.25) is 9.59 Å². The molecule has 37 heavy (non-hydrogen) atoms. The van der Waals surface area contributed by atoms with Gasteiger partial charge < -0.3 is 20.3 Å². The van der Waals surface area contributed by atoms with Crippen LogP contribution in [0, 0.1) is 5.82 Å². The topological polar surface area (TPSA) is 96.5 Å². The van der Waals surface area contributed by atoms with Crippen molar-refractivity contribution in [2.45, 2.75) is 38.8 Å². The third-order valence-electron chi connectivity index (χ3n) is 6.46. The number of aromatic nitrogens is 2. The molecule has 0 saturated heterocycles. The highest BCUT2D eigenvalue weighted by molar-refractivity contribution is 6.33. The quantitative estimate of drug-likeness (QED) is 0.400. The molecule has 2 aromatic carbocycles. The molecule has 0 saturated carbocycles. The molecule has 2 atom stereocenters. The third-order valence-corrected chi connectivity index (χ3v) is 6.74. The first kappa shape index (κ1) is 26.3.